The number of rotatable bonds is 0. The van der Waals surface area contributed by atoms with Gasteiger partial charge in [-0.3, -0.25) is 0 Å². The van der Waals surface area contributed by atoms with Crippen LogP contribution < -0.4 is 9.19 Å². The van der Waals surface area contributed by atoms with Gasteiger partial charge in [0.15, 0.2) is 0 Å². The molecule has 0 radical (unpaired) electrons. The van der Waals surface area contributed by atoms with E-state index in [1.807, 2.05) is 0 Å². The monoisotopic (exact) mass is 176 g/mol. The van der Waals surface area contributed by atoms with Gasteiger partial charge in [-0.05, 0) is 0 Å². The Balaban J connectivity index is 3.08. The molecule has 0 unspecified atom stereocenters. The molecule has 0 amide bonds. The van der Waals surface area contributed by atoms with Crippen LogP contribution in [-0.4, -0.2) is 21.0 Å². The molecule has 0 aromatic carbocycles. The molecule has 0 N–H and O–H groups in total. The fraction of sp³-hybridized carbons (Fsp3) is 0. The molecule has 0 aliphatic heterocycles. The second-order valence-corrected chi connectivity index (χ2v) is 2.39. The molecule has 1 heterocycles. The predicted molar refractivity (Wildman–Crippen MR) is 30.0 cm³/mol. The van der Waals surface area contributed by atoms with Crippen LogP contribution in [0.2, 0.25) is 0 Å². The number of hydrogen-bond donors (Lipinski definition) is 0. The van der Waals surface area contributed by atoms with Gasteiger partial charge in [0.1, 0.15) is 0 Å². The first-order chi connectivity index (χ1) is 3.79. The molecule has 1 rings (SSSR count). The first kappa shape index (κ1) is 5.53. The molecule has 0 saturated carbocycles. The molecule has 1 aromatic heterocycles. The van der Waals surface area contributed by atoms with Crippen LogP contribution in [0.3, 0.4) is 0 Å². The van der Waals surface area contributed by atoms with Crippen molar-refractivity contribution < 1.29 is 4.73 Å². The molecule has 0 bridgehead atoms. The maximum absolute atomic E-state index is 10.3. The Morgan fingerprint density at radius 3 is 2.88 bits per heavy atom. The molecule has 4 heteroatoms. The van der Waals surface area contributed by atoms with E-state index in [0.29, 0.717) is 4.73 Å². The molecular weight excluding hydrogens is 171 g/mol. The first-order valence-corrected chi connectivity index (χ1v) is 2.95. The summed E-state index contributed by atoms with van der Waals surface area (Å²) >= 11 is 2.24. The molecule has 0 spiro atoms. The van der Waals surface area contributed by atoms with E-state index in [4.69, 9.17) is 0 Å². The fourth-order valence-electron chi connectivity index (χ4n) is 0.372. The molecule has 0 aliphatic rings. The minimum absolute atomic E-state index is 0.660. The van der Waals surface area contributed by atoms with Gasteiger partial charge in [-0.2, -0.15) is 0 Å². The van der Waals surface area contributed by atoms with Gasteiger partial charge in [-0.1, -0.05) is 0 Å². The van der Waals surface area contributed by atoms with Gasteiger partial charge in [0, 0.05) is 0 Å². The quantitative estimate of drug-likeness (QED) is 0.266. The van der Waals surface area contributed by atoms with Gasteiger partial charge >= 0.3 is 54.1 Å². The zero-order valence-corrected chi connectivity index (χ0v) is 5.86. The summed E-state index contributed by atoms with van der Waals surface area (Å²) in [5.74, 6) is 0. The fourth-order valence-corrected chi connectivity index (χ4v) is 0.751. The Morgan fingerprint density at radius 2 is 2.50 bits per heavy atom. The van der Waals surface area contributed by atoms with Crippen molar-refractivity contribution in [3.05, 3.63) is 23.9 Å². The SMILES string of the molecule is [O-][n+]1cncc([SeH])c1. The summed E-state index contributed by atoms with van der Waals surface area (Å²) < 4.78 is 1.48. The Bertz CT molecular complexity index is 174. The van der Waals surface area contributed by atoms with Gasteiger partial charge < -0.3 is 0 Å². The van der Waals surface area contributed by atoms with Crippen molar-refractivity contribution in [2.24, 2.45) is 0 Å². The normalized spacial score (nSPS) is 9.12. The predicted octanol–water partition coefficient (Wildman–Crippen LogP) is -1.76. The Morgan fingerprint density at radius 1 is 1.75 bits per heavy atom. The van der Waals surface area contributed by atoms with Crippen molar-refractivity contribution in [3.63, 3.8) is 0 Å². The minimum atomic E-state index is 0.660. The van der Waals surface area contributed by atoms with Gasteiger partial charge in [0.2, 0.25) is 0 Å². The molecule has 3 nitrogen and oxygen atoms in total. The molecule has 42 valence electrons. The van der Waals surface area contributed by atoms with E-state index in [9.17, 15) is 5.21 Å². The summed E-state index contributed by atoms with van der Waals surface area (Å²) in [5.41, 5.74) is 0. The van der Waals surface area contributed by atoms with Gasteiger partial charge in [-0.15, -0.1) is 0 Å². The summed E-state index contributed by atoms with van der Waals surface area (Å²) in [4.78, 5) is 3.62. The average Bonchev–Trinajstić information content (AvgIpc) is 1.64. The van der Waals surface area contributed by atoms with E-state index in [1.165, 1.54) is 12.5 Å². The van der Waals surface area contributed by atoms with Crippen molar-refractivity contribution in [1.29, 1.82) is 0 Å². The van der Waals surface area contributed by atoms with Crippen molar-refractivity contribution in [2.75, 3.05) is 0 Å². The summed E-state index contributed by atoms with van der Waals surface area (Å²) in [6.45, 7) is 0. The van der Waals surface area contributed by atoms with Crippen LogP contribution in [0.4, 0.5) is 0 Å². The van der Waals surface area contributed by atoms with Crippen LogP contribution in [-0.2, 0) is 0 Å². The van der Waals surface area contributed by atoms with Crippen LogP contribution in [0.25, 0.3) is 0 Å². The number of aromatic nitrogens is 2. The Labute approximate surface area is 54.8 Å². The standard InChI is InChI=1S/C4H4N2OSe/c7-6-2-4(8)1-5-3-6/h1-3,8H. The number of hydrogen-bond acceptors (Lipinski definition) is 2. The van der Waals surface area contributed by atoms with E-state index in [1.54, 1.807) is 6.20 Å². The maximum atomic E-state index is 10.3. The molecule has 0 saturated heterocycles. The van der Waals surface area contributed by atoms with E-state index >= 15 is 0 Å². The van der Waals surface area contributed by atoms with Crippen LogP contribution in [0.5, 0.6) is 0 Å². The molecule has 1 aromatic rings. The van der Waals surface area contributed by atoms with Crippen LogP contribution in [0.15, 0.2) is 18.7 Å². The van der Waals surface area contributed by atoms with Crippen LogP contribution in [0.1, 0.15) is 0 Å². The molecule has 0 atom stereocenters. The number of nitrogens with zero attached hydrogens (tertiary/aromatic N) is 2. The summed E-state index contributed by atoms with van der Waals surface area (Å²) in [6, 6.07) is 0. The first-order valence-electron chi connectivity index (χ1n) is 2.02. The third-order valence-electron chi connectivity index (χ3n) is 0.647. The molecule has 0 fully saturated rings. The molecular formula is C4H4N2OSe. The van der Waals surface area contributed by atoms with Crippen molar-refractivity contribution in [1.82, 2.24) is 4.98 Å². The Hall–Kier alpha value is -0.601. The van der Waals surface area contributed by atoms with E-state index in [2.05, 4.69) is 21.0 Å². The molecule has 8 heavy (non-hydrogen) atoms. The Kier molecular flexibility index (Phi) is 1.46. The third-order valence-corrected chi connectivity index (χ3v) is 1.13. The van der Waals surface area contributed by atoms with E-state index in [-0.39, 0.29) is 0 Å². The zero-order chi connectivity index (χ0) is 5.98. The van der Waals surface area contributed by atoms with Gasteiger partial charge in [0.25, 0.3) is 0 Å². The van der Waals surface area contributed by atoms with Gasteiger partial charge in [0.05, 0.1) is 0 Å². The second kappa shape index (κ2) is 2.11. The zero-order valence-electron chi connectivity index (χ0n) is 3.98. The van der Waals surface area contributed by atoms with E-state index in [0.717, 1.165) is 4.46 Å². The summed E-state index contributed by atoms with van der Waals surface area (Å²) in [6.07, 6.45) is 4.25. The average molecular weight is 175 g/mol. The third kappa shape index (κ3) is 1.18. The summed E-state index contributed by atoms with van der Waals surface area (Å²) in [5, 5.41) is 10.3. The van der Waals surface area contributed by atoms with Crippen molar-refractivity contribution in [3.8, 4) is 0 Å². The van der Waals surface area contributed by atoms with Crippen LogP contribution >= 0.6 is 0 Å². The van der Waals surface area contributed by atoms with Gasteiger partial charge in [-0.25, -0.2) is 0 Å². The van der Waals surface area contributed by atoms with Crippen molar-refractivity contribution in [2.45, 2.75) is 0 Å². The second-order valence-electron chi connectivity index (χ2n) is 1.31. The van der Waals surface area contributed by atoms with E-state index < -0.39 is 0 Å². The topological polar surface area (TPSA) is 39.8 Å². The van der Waals surface area contributed by atoms with Crippen molar-refractivity contribution >= 4 is 20.5 Å². The van der Waals surface area contributed by atoms with Crippen LogP contribution in [0, 0.1) is 5.21 Å². The molecule has 0 aliphatic carbocycles. The summed E-state index contributed by atoms with van der Waals surface area (Å²) in [7, 11) is 0.